The molecule has 0 amide bonds. The molecule has 2 saturated heterocycles. The Morgan fingerprint density at radius 3 is 1.47 bits per heavy atom. The zero-order valence-electron chi connectivity index (χ0n) is 12.0. The second-order valence-electron chi connectivity index (χ2n) is 5.23. The van der Waals surface area contributed by atoms with Crippen LogP contribution in [0.15, 0.2) is 0 Å². The fourth-order valence-electron chi connectivity index (χ4n) is 2.55. The van der Waals surface area contributed by atoms with Gasteiger partial charge in [-0.1, -0.05) is 0 Å². The van der Waals surface area contributed by atoms with Crippen molar-refractivity contribution in [2.45, 2.75) is 12.8 Å². The Morgan fingerprint density at radius 1 is 0.526 bits per heavy atom. The summed E-state index contributed by atoms with van der Waals surface area (Å²) in [6, 6.07) is 0. The number of nitrogens with zero attached hydrogens (tertiary/aromatic N) is 2. The molecule has 0 aromatic rings. The van der Waals surface area contributed by atoms with Gasteiger partial charge in [0, 0.05) is 26.2 Å². The highest BCUT2D eigenvalue weighted by Gasteiger charge is 2.13. The van der Waals surface area contributed by atoms with E-state index in [4.69, 9.17) is 14.2 Å². The van der Waals surface area contributed by atoms with Crippen LogP contribution in [0, 0.1) is 0 Å². The normalized spacial score (nSPS) is 25.9. The summed E-state index contributed by atoms with van der Waals surface area (Å²) in [5.74, 6) is 0. The Labute approximate surface area is 116 Å². The first kappa shape index (κ1) is 15.2. The van der Waals surface area contributed by atoms with Crippen molar-refractivity contribution in [3.63, 3.8) is 0 Å². The molecule has 0 saturated carbocycles. The maximum absolute atomic E-state index is 5.59. The Morgan fingerprint density at radius 2 is 0.947 bits per heavy atom. The minimum Gasteiger partial charge on any atom is -0.378 e. The lowest BCUT2D eigenvalue weighted by Gasteiger charge is -2.25. The Balaban J connectivity index is 1.65. The van der Waals surface area contributed by atoms with Crippen LogP contribution in [0.3, 0.4) is 0 Å². The molecule has 2 aliphatic rings. The Kier molecular flexibility index (Phi) is 7.73. The lowest BCUT2D eigenvalue weighted by atomic mass is 10.4. The first-order valence-corrected chi connectivity index (χ1v) is 7.63. The molecule has 0 atom stereocenters. The Bertz CT molecular complexity index is 211. The molecule has 2 rings (SSSR count). The van der Waals surface area contributed by atoms with Crippen molar-refractivity contribution in [1.82, 2.24) is 9.80 Å². The maximum Gasteiger partial charge on any atom is 0.0701 e. The first-order chi connectivity index (χ1) is 9.45. The predicted molar refractivity (Wildman–Crippen MR) is 74.6 cm³/mol. The van der Waals surface area contributed by atoms with Gasteiger partial charge in [-0.3, -0.25) is 4.90 Å². The van der Waals surface area contributed by atoms with Crippen LogP contribution in [0.1, 0.15) is 12.8 Å². The summed E-state index contributed by atoms with van der Waals surface area (Å²) in [6.07, 6.45) is 2.73. The van der Waals surface area contributed by atoms with E-state index in [1.165, 1.54) is 32.5 Å². The molecule has 0 aromatic carbocycles. The summed E-state index contributed by atoms with van der Waals surface area (Å²) in [5, 5.41) is 0. The molecule has 0 aromatic heterocycles. The van der Waals surface area contributed by atoms with Gasteiger partial charge in [-0.15, -0.1) is 0 Å². The standard InChI is InChI=1S/C14H28N2O3/c1-2-4-15(3-1)5-6-16-7-9-17-11-13-19-14-12-18-10-8-16/h1-14H2. The lowest BCUT2D eigenvalue weighted by Crippen LogP contribution is -2.38. The summed E-state index contributed by atoms with van der Waals surface area (Å²) in [6.45, 7) is 11.2. The van der Waals surface area contributed by atoms with Crippen LogP contribution in [0.4, 0.5) is 0 Å². The quantitative estimate of drug-likeness (QED) is 0.745. The van der Waals surface area contributed by atoms with Gasteiger partial charge in [-0.05, 0) is 25.9 Å². The SMILES string of the molecule is C1CCN(CCN2CCOCCOCCOCC2)C1. The molecule has 2 aliphatic heterocycles. The first-order valence-electron chi connectivity index (χ1n) is 7.63. The van der Waals surface area contributed by atoms with Crippen molar-refractivity contribution in [3.05, 3.63) is 0 Å². The molecule has 5 nitrogen and oxygen atoms in total. The van der Waals surface area contributed by atoms with E-state index in [2.05, 4.69) is 9.80 Å². The molecule has 0 radical (unpaired) electrons. The van der Waals surface area contributed by atoms with Crippen molar-refractivity contribution in [1.29, 1.82) is 0 Å². The molecule has 0 unspecified atom stereocenters. The summed E-state index contributed by atoms with van der Waals surface area (Å²) in [4.78, 5) is 5.02. The van der Waals surface area contributed by atoms with Gasteiger partial charge >= 0.3 is 0 Å². The van der Waals surface area contributed by atoms with Crippen molar-refractivity contribution in [2.75, 3.05) is 78.9 Å². The zero-order chi connectivity index (χ0) is 13.2. The van der Waals surface area contributed by atoms with E-state index < -0.39 is 0 Å². The topological polar surface area (TPSA) is 34.2 Å². The van der Waals surface area contributed by atoms with Crippen molar-refractivity contribution < 1.29 is 14.2 Å². The third-order valence-corrected chi connectivity index (χ3v) is 3.78. The molecule has 19 heavy (non-hydrogen) atoms. The van der Waals surface area contributed by atoms with Gasteiger partial charge in [-0.2, -0.15) is 0 Å². The van der Waals surface area contributed by atoms with Crippen LogP contribution in [0.25, 0.3) is 0 Å². The molecule has 2 fully saturated rings. The van der Waals surface area contributed by atoms with Gasteiger partial charge in [-0.25, -0.2) is 0 Å². The molecular weight excluding hydrogens is 244 g/mol. The fraction of sp³-hybridized carbons (Fsp3) is 1.00. The molecule has 2 heterocycles. The van der Waals surface area contributed by atoms with E-state index in [1.807, 2.05) is 0 Å². The maximum atomic E-state index is 5.59. The summed E-state index contributed by atoms with van der Waals surface area (Å²) in [5.41, 5.74) is 0. The second-order valence-corrected chi connectivity index (χ2v) is 5.23. The molecule has 0 spiro atoms. The average Bonchev–Trinajstić information content (AvgIpc) is 2.91. The smallest absolute Gasteiger partial charge is 0.0701 e. The van der Waals surface area contributed by atoms with E-state index in [-0.39, 0.29) is 0 Å². The predicted octanol–water partition coefficient (Wildman–Crippen LogP) is 0.448. The van der Waals surface area contributed by atoms with E-state index in [1.54, 1.807) is 0 Å². The van der Waals surface area contributed by atoms with Crippen LogP contribution in [-0.2, 0) is 14.2 Å². The second kappa shape index (κ2) is 9.66. The van der Waals surface area contributed by atoms with E-state index in [0.717, 1.165) is 32.8 Å². The molecular formula is C14H28N2O3. The minimum absolute atomic E-state index is 0.678. The molecule has 112 valence electrons. The van der Waals surface area contributed by atoms with Crippen molar-refractivity contribution >= 4 is 0 Å². The largest absolute Gasteiger partial charge is 0.378 e. The van der Waals surface area contributed by atoms with Gasteiger partial charge in [0.1, 0.15) is 0 Å². The van der Waals surface area contributed by atoms with Gasteiger partial charge in [0.2, 0.25) is 0 Å². The van der Waals surface area contributed by atoms with Crippen molar-refractivity contribution in [2.24, 2.45) is 0 Å². The Hall–Kier alpha value is -0.200. The van der Waals surface area contributed by atoms with Gasteiger partial charge in [0.25, 0.3) is 0 Å². The zero-order valence-corrected chi connectivity index (χ0v) is 12.0. The summed E-state index contributed by atoms with van der Waals surface area (Å²) in [7, 11) is 0. The van der Waals surface area contributed by atoms with E-state index >= 15 is 0 Å². The molecule has 0 N–H and O–H groups in total. The van der Waals surface area contributed by atoms with Crippen LogP contribution in [0.5, 0.6) is 0 Å². The monoisotopic (exact) mass is 272 g/mol. The third-order valence-electron chi connectivity index (χ3n) is 3.78. The number of likely N-dealkylation sites (tertiary alicyclic amines) is 1. The molecule has 0 aliphatic carbocycles. The number of hydrogen-bond donors (Lipinski definition) is 0. The van der Waals surface area contributed by atoms with Crippen LogP contribution >= 0.6 is 0 Å². The molecule has 5 heteroatoms. The lowest BCUT2D eigenvalue weighted by molar-refractivity contribution is -0.00656. The van der Waals surface area contributed by atoms with Crippen molar-refractivity contribution in [3.8, 4) is 0 Å². The number of ether oxygens (including phenoxy) is 3. The highest BCUT2D eigenvalue weighted by Crippen LogP contribution is 2.06. The highest BCUT2D eigenvalue weighted by atomic mass is 16.5. The van der Waals surface area contributed by atoms with Crippen LogP contribution < -0.4 is 0 Å². The fourth-order valence-corrected chi connectivity index (χ4v) is 2.55. The minimum atomic E-state index is 0.678. The van der Waals surface area contributed by atoms with E-state index in [9.17, 15) is 0 Å². The molecule has 0 bridgehead atoms. The highest BCUT2D eigenvalue weighted by molar-refractivity contribution is 4.68. The summed E-state index contributed by atoms with van der Waals surface area (Å²) < 4.78 is 16.6. The van der Waals surface area contributed by atoms with Gasteiger partial charge < -0.3 is 19.1 Å². The van der Waals surface area contributed by atoms with E-state index in [0.29, 0.717) is 26.4 Å². The number of rotatable bonds is 3. The van der Waals surface area contributed by atoms with Gasteiger partial charge in [0.05, 0.1) is 39.6 Å². The summed E-state index contributed by atoms with van der Waals surface area (Å²) >= 11 is 0. The van der Waals surface area contributed by atoms with Crippen LogP contribution in [0.2, 0.25) is 0 Å². The van der Waals surface area contributed by atoms with Gasteiger partial charge in [0.15, 0.2) is 0 Å². The third kappa shape index (κ3) is 6.68. The number of hydrogen-bond acceptors (Lipinski definition) is 5. The average molecular weight is 272 g/mol. The van der Waals surface area contributed by atoms with Crippen LogP contribution in [-0.4, -0.2) is 88.7 Å².